The lowest BCUT2D eigenvalue weighted by Crippen LogP contribution is -2.05. The van der Waals surface area contributed by atoms with Crippen molar-refractivity contribution in [3.63, 3.8) is 0 Å². The number of anilines is 1. The average Bonchev–Trinajstić information content (AvgIpc) is 3.03. The predicted octanol–water partition coefficient (Wildman–Crippen LogP) is 6.14. The summed E-state index contributed by atoms with van der Waals surface area (Å²) in [6, 6.07) is 23.3. The summed E-state index contributed by atoms with van der Waals surface area (Å²) in [6.07, 6.45) is 1.65. The minimum atomic E-state index is -0.0578. The number of methoxy groups -OCH3 is 1. The number of rotatable bonds is 6. The van der Waals surface area contributed by atoms with E-state index in [1.54, 1.807) is 13.2 Å². The number of carbonyl (C=O) groups is 1. The number of fused-ring (bicyclic) bond motifs is 1. The molecule has 0 fully saturated rings. The van der Waals surface area contributed by atoms with Crippen LogP contribution in [0.4, 0.5) is 5.69 Å². The Labute approximate surface area is 182 Å². The summed E-state index contributed by atoms with van der Waals surface area (Å²) >= 11 is 0. The van der Waals surface area contributed by atoms with Crippen LogP contribution < -0.4 is 10.1 Å². The number of nitrogens with one attached hydrogen (secondary N) is 1. The van der Waals surface area contributed by atoms with E-state index in [4.69, 9.17) is 4.74 Å². The van der Waals surface area contributed by atoms with Gasteiger partial charge in [-0.3, -0.25) is 4.79 Å². The van der Waals surface area contributed by atoms with Crippen LogP contribution in [-0.2, 0) is 7.05 Å². The SMILES string of the molecule is COc1c(NC(=CC(=O)c2ccccc2)c2ccccc2)ccc2c(C)c(C)n(C)c12. The van der Waals surface area contributed by atoms with E-state index in [1.165, 1.54) is 11.3 Å². The highest BCUT2D eigenvalue weighted by Gasteiger charge is 2.17. The summed E-state index contributed by atoms with van der Waals surface area (Å²) in [5, 5.41) is 4.63. The number of ketones is 1. The number of hydrogen-bond donors (Lipinski definition) is 1. The van der Waals surface area contributed by atoms with E-state index in [0.29, 0.717) is 5.56 Å². The highest BCUT2D eigenvalue weighted by atomic mass is 16.5. The van der Waals surface area contributed by atoms with Crippen molar-refractivity contribution < 1.29 is 9.53 Å². The van der Waals surface area contributed by atoms with Crippen molar-refractivity contribution in [3.8, 4) is 5.75 Å². The van der Waals surface area contributed by atoms with Crippen LogP contribution in [0.2, 0.25) is 0 Å². The van der Waals surface area contributed by atoms with Crippen LogP contribution in [-0.4, -0.2) is 17.5 Å². The van der Waals surface area contributed by atoms with Gasteiger partial charge < -0.3 is 14.6 Å². The van der Waals surface area contributed by atoms with Crippen molar-refractivity contribution in [1.82, 2.24) is 4.57 Å². The van der Waals surface area contributed by atoms with Gasteiger partial charge in [-0.25, -0.2) is 0 Å². The van der Waals surface area contributed by atoms with Crippen LogP contribution in [0.5, 0.6) is 5.75 Å². The summed E-state index contributed by atoms with van der Waals surface area (Å²) in [7, 11) is 3.72. The molecule has 4 nitrogen and oxygen atoms in total. The third kappa shape index (κ3) is 3.84. The number of aromatic nitrogens is 1. The van der Waals surface area contributed by atoms with Crippen molar-refractivity contribution in [2.45, 2.75) is 13.8 Å². The van der Waals surface area contributed by atoms with Crippen LogP contribution in [0.1, 0.15) is 27.2 Å². The molecule has 4 aromatic rings. The number of carbonyl (C=O) groups excluding carboxylic acids is 1. The smallest absolute Gasteiger partial charge is 0.187 e. The molecule has 156 valence electrons. The van der Waals surface area contributed by atoms with E-state index in [2.05, 4.69) is 29.8 Å². The highest BCUT2D eigenvalue weighted by Crippen LogP contribution is 2.38. The first-order valence-corrected chi connectivity index (χ1v) is 10.3. The van der Waals surface area contributed by atoms with Crippen molar-refractivity contribution in [2.24, 2.45) is 7.05 Å². The van der Waals surface area contributed by atoms with Crippen molar-refractivity contribution in [2.75, 3.05) is 12.4 Å². The molecule has 1 aromatic heterocycles. The summed E-state index contributed by atoms with van der Waals surface area (Å²) in [4.78, 5) is 12.9. The zero-order valence-electron chi connectivity index (χ0n) is 18.3. The van der Waals surface area contributed by atoms with Crippen LogP contribution in [0, 0.1) is 13.8 Å². The lowest BCUT2D eigenvalue weighted by Gasteiger charge is -2.16. The van der Waals surface area contributed by atoms with E-state index in [1.807, 2.05) is 73.8 Å². The molecule has 0 unspecified atom stereocenters. The van der Waals surface area contributed by atoms with Gasteiger partial charge in [0.15, 0.2) is 11.5 Å². The van der Waals surface area contributed by atoms with Crippen LogP contribution in [0.15, 0.2) is 78.9 Å². The van der Waals surface area contributed by atoms with Crippen LogP contribution in [0.3, 0.4) is 0 Å². The largest absolute Gasteiger partial charge is 0.492 e. The van der Waals surface area contributed by atoms with Gasteiger partial charge >= 0.3 is 0 Å². The second-order valence-electron chi connectivity index (χ2n) is 7.59. The molecule has 0 radical (unpaired) electrons. The molecule has 0 saturated carbocycles. The molecule has 4 heteroatoms. The van der Waals surface area contributed by atoms with Gasteiger partial charge in [0.1, 0.15) is 0 Å². The number of hydrogen-bond acceptors (Lipinski definition) is 3. The maximum absolute atomic E-state index is 12.9. The van der Waals surface area contributed by atoms with Crippen molar-refractivity contribution in [1.29, 1.82) is 0 Å². The highest BCUT2D eigenvalue weighted by molar-refractivity contribution is 6.10. The Morgan fingerprint density at radius 3 is 2.13 bits per heavy atom. The monoisotopic (exact) mass is 410 g/mol. The molecule has 0 aliphatic heterocycles. The predicted molar refractivity (Wildman–Crippen MR) is 128 cm³/mol. The fourth-order valence-electron chi connectivity index (χ4n) is 3.90. The number of benzene rings is 3. The lowest BCUT2D eigenvalue weighted by atomic mass is 10.1. The molecule has 31 heavy (non-hydrogen) atoms. The second-order valence-corrected chi connectivity index (χ2v) is 7.59. The van der Waals surface area contributed by atoms with Crippen molar-refractivity contribution >= 4 is 28.1 Å². The molecule has 0 amide bonds. The third-order valence-electron chi connectivity index (χ3n) is 5.81. The van der Waals surface area contributed by atoms with Crippen molar-refractivity contribution in [3.05, 3.63) is 101 Å². The molecule has 0 bridgehead atoms. The molecule has 0 saturated heterocycles. The zero-order valence-corrected chi connectivity index (χ0v) is 18.3. The van der Waals surface area contributed by atoms with Gasteiger partial charge in [-0.2, -0.15) is 0 Å². The Balaban J connectivity index is 1.83. The topological polar surface area (TPSA) is 43.3 Å². The first kappa shape index (κ1) is 20.5. The van der Waals surface area contributed by atoms with Gasteiger partial charge in [0, 0.05) is 35.5 Å². The van der Waals surface area contributed by atoms with E-state index in [0.717, 1.165) is 33.6 Å². The normalized spacial score (nSPS) is 11.5. The Hall–Kier alpha value is -3.79. The lowest BCUT2D eigenvalue weighted by molar-refractivity contribution is 0.104. The maximum atomic E-state index is 12.9. The number of allylic oxidation sites excluding steroid dienone is 1. The number of nitrogens with zero attached hydrogens (tertiary/aromatic N) is 1. The Morgan fingerprint density at radius 2 is 1.52 bits per heavy atom. The third-order valence-corrected chi connectivity index (χ3v) is 5.81. The minimum Gasteiger partial charge on any atom is -0.492 e. The molecule has 1 heterocycles. The molecule has 3 aromatic carbocycles. The Morgan fingerprint density at radius 1 is 0.903 bits per heavy atom. The van der Waals surface area contributed by atoms with Gasteiger partial charge in [0.25, 0.3) is 0 Å². The Kier molecular flexibility index (Phi) is 5.63. The standard InChI is InChI=1S/C27H26N2O2/c1-18-19(2)29(3)26-22(18)15-16-23(27(26)31-4)28-24(20-11-7-5-8-12-20)17-25(30)21-13-9-6-10-14-21/h5-17,28H,1-4H3. The van der Waals surface area contributed by atoms with Gasteiger partial charge in [0.05, 0.1) is 18.3 Å². The van der Waals surface area contributed by atoms with Gasteiger partial charge in [0.2, 0.25) is 0 Å². The molecule has 0 aliphatic rings. The fourth-order valence-corrected chi connectivity index (χ4v) is 3.90. The first-order chi connectivity index (χ1) is 15.0. The van der Waals surface area contributed by atoms with E-state index in [-0.39, 0.29) is 5.78 Å². The minimum absolute atomic E-state index is 0.0578. The van der Waals surface area contributed by atoms with E-state index in [9.17, 15) is 4.79 Å². The van der Waals surface area contributed by atoms with Gasteiger partial charge in [-0.15, -0.1) is 0 Å². The molecule has 0 spiro atoms. The zero-order chi connectivity index (χ0) is 22.0. The first-order valence-electron chi connectivity index (χ1n) is 10.3. The van der Waals surface area contributed by atoms with Gasteiger partial charge in [-0.05, 0) is 31.0 Å². The summed E-state index contributed by atoms with van der Waals surface area (Å²) < 4.78 is 7.99. The molecular formula is C27H26N2O2. The average molecular weight is 411 g/mol. The molecule has 0 aliphatic carbocycles. The molecule has 4 rings (SSSR count). The summed E-state index contributed by atoms with van der Waals surface area (Å²) in [5.74, 6) is 0.697. The summed E-state index contributed by atoms with van der Waals surface area (Å²) in [5.41, 5.74) is 6.57. The summed E-state index contributed by atoms with van der Waals surface area (Å²) in [6.45, 7) is 4.23. The van der Waals surface area contributed by atoms with E-state index >= 15 is 0 Å². The van der Waals surface area contributed by atoms with E-state index < -0.39 is 0 Å². The van der Waals surface area contributed by atoms with Crippen LogP contribution >= 0.6 is 0 Å². The van der Waals surface area contributed by atoms with Gasteiger partial charge in [-0.1, -0.05) is 66.7 Å². The fraction of sp³-hybridized carbons (Fsp3) is 0.148. The maximum Gasteiger partial charge on any atom is 0.187 e. The molecule has 0 atom stereocenters. The second kappa shape index (κ2) is 8.52. The quantitative estimate of drug-likeness (QED) is 0.307. The molecular weight excluding hydrogens is 384 g/mol. The molecule has 1 N–H and O–H groups in total. The Bertz CT molecular complexity index is 1270. The number of ether oxygens (including phenoxy) is 1. The number of aryl methyl sites for hydroxylation is 2. The van der Waals surface area contributed by atoms with Crippen LogP contribution in [0.25, 0.3) is 16.6 Å².